The fourth-order valence-electron chi connectivity index (χ4n) is 3.49. The van der Waals surface area contributed by atoms with Gasteiger partial charge in [-0.1, -0.05) is 42.8 Å². The Morgan fingerprint density at radius 3 is 2.38 bits per heavy atom. The van der Waals surface area contributed by atoms with Crippen LogP contribution in [0.4, 0.5) is 0 Å². The molecule has 0 radical (unpaired) electrons. The number of rotatable bonds is 5. The molecule has 0 unspecified atom stereocenters. The number of benzene rings is 2. The second-order valence-electron chi connectivity index (χ2n) is 7.18. The summed E-state index contributed by atoms with van der Waals surface area (Å²) in [6.07, 6.45) is 4.06. The van der Waals surface area contributed by atoms with E-state index in [1.165, 1.54) is 0 Å². The molecule has 1 saturated heterocycles. The first-order chi connectivity index (χ1) is 12.7. The van der Waals surface area contributed by atoms with E-state index in [9.17, 15) is 9.59 Å². The van der Waals surface area contributed by atoms with Gasteiger partial charge in [-0.3, -0.25) is 9.59 Å². The first-order valence-electron chi connectivity index (χ1n) is 9.34. The maximum Gasteiger partial charge on any atom is 0.251 e. The van der Waals surface area contributed by atoms with Crippen LogP contribution in [-0.2, 0) is 4.74 Å². The Kier molecular flexibility index (Phi) is 4.85. The number of amides is 1. The maximum absolute atomic E-state index is 12.4. The van der Waals surface area contributed by atoms with Crippen molar-refractivity contribution in [3.05, 3.63) is 59.7 Å². The highest BCUT2D eigenvalue weighted by atomic mass is 16.5. The molecule has 1 heterocycles. The molecular formula is C22H23NO3. The van der Waals surface area contributed by atoms with E-state index in [4.69, 9.17) is 4.74 Å². The zero-order valence-electron chi connectivity index (χ0n) is 14.7. The van der Waals surface area contributed by atoms with E-state index in [0.717, 1.165) is 42.4 Å². The quantitative estimate of drug-likeness (QED) is 0.834. The molecule has 4 heteroatoms. The number of ketones is 1. The van der Waals surface area contributed by atoms with Crippen LogP contribution in [0.1, 0.15) is 46.4 Å². The largest absolute Gasteiger partial charge is 0.379 e. The fourth-order valence-corrected chi connectivity index (χ4v) is 3.49. The van der Waals surface area contributed by atoms with Crippen molar-refractivity contribution in [1.29, 1.82) is 0 Å². The summed E-state index contributed by atoms with van der Waals surface area (Å²) in [5, 5.41) is 3.01. The number of ether oxygens (including phenoxy) is 1. The summed E-state index contributed by atoms with van der Waals surface area (Å²) in [4.78, 5) is 24.8. The molecule has 0 aromatic heterocycles. The minimum absolute atomic E-state index is 0.0702. The van der Waals surface area contributed by atoms with Crippen molar-refractivity contribution in [2.75, 3.05) is 13.2 Å². The maximum atomic E-state index is 12.4. The highest BCUT2D eigenvalue weighted by Crippen LogP contribution is 2.30. The second kappa shape index (κ2) is 7.42. The van der Waals surface area contributed by atoms with Gasteiger partial charge in [0.25, 0.3) is 5.91 Å². The topological polar surface area (TPSA) is 55.4 Å². The van der Waals surface area contributed by atoms with Crippen molar-refractivity contribution in [2.24, 2.45) is 5.92 Å². The molecule has 2 aromatic carbocycles. The molecule has 1 aliphatic heterocycles. The zero-order chi connectivity index (χ0) is 17.9. The van der Waals surface area contributed by atoms with Crippen molar-refractivity contribution in [3.8, 4) is 11.1 Å². The van der Waals surface area contributed by atoms with Gasteiger partial charge in [-0.25, -0.2) is 0 Å². The molecule has 1 N–H and O–H groups in total. The van der Waals surface area contributed by atoms with E-state index in [1.54, 1.807) is 0 Å². The molecule has 26 heavy (non-hydrogen) atoms. The molecule has 2 aliphatic rings. The molecule has 1 aliphatic carbocycles. The predicted molar refractivity (Wildman–Crippen MR) is 100 cm³/mol. The van der Waals surface area contributed by atoms with Gasteiger partial charge in [0.05, 0.1) is 12.6 Å². The van der Waals surface area contributed by atoms with E-state index in [2.05, 4.69) is 5.32 Å². The summed E-state index contributed by atoms with van der Waals surface area (Å²) in [5.41, 5.74) is 3.41. The van der Waals surface area contributed by atoms with Gasteiger partial charge >= 0.3 is 0 Å². The van der Waals surface area contributed by atoms with E-state index in [0.29, 0.717) is 18.8 Å². The predicted octanol–water partition coefficient (Wildman–Crippen LogP) is 3.86. The number of hydrogen-bond donors (Lipinski definition) is 1. The third-order valence-corrected chi connectivity index (χ3v) is 5.37. The molecule has 0 bridgehead atoms. The fraction of sp³-hybridized carbons (Fsp3) is 0.364. The second-order valence-corrected chi connectivity index (χ2v) is 7.18. The molecule has 2 fully saturated rings. The van der Waals surface area contributed by atoms with Gasteiger partial charge < -0.3 is 10.1 Å². The van der Waals surface area contributed by atoms with Crippen LogP contribution in [0.2, 0.25) is 0 Å². The molecule has 0 spiro atoms. The van der Waals surface area contributed by atoms with Crippen molar-refractivity contribution < 1.29 is 14.3 Å². The number of nitrogens with one attached hydrogen (secondary N) is 1. The minimum Gasteiger partial charge on any atom is -0.379 e. The summed E-state index contributed by atoms with van der Waals surface area (Å²) in [6, 6.07) is 15.4. The standard InChI is InChI=1S/C22H23NO3/c24-21(16-3-1-4-16)17-9-7-15(8-10-17)18-5-2-6-19(13-18)22(25)23-20-11-12-26-14-20/h2,5-10,13,16,20H,1,3-4,11-12,14H2,(H,23,25)/t20-/m0/s1. The first-order valence-corrected chi connectivity index (χ1v) is 9.34. The third-order valence-electron chi connectivity index (χ3n) is 5.37. The summed E-state index contributed by atoms with van der Waals surface area (Å²) in [5.74, 6) is 0.404. The van der Waals surface area contributed by atoms with Gasteiger partial charge in [-0.15, -0.1) is 0 Å². The average Bonchev–Trinajstić information content (AvgIpc) is 3.13. The van der Waals surface area contributed by atoms with Gasteiger partial charge in [-0.05, 0) is 42.5 Å². The minimum atomic E-state index is -0.0702. The molecule has 4 nitrogen and oxygen atoms in total. The van der Waals surface area contributed by atoms with Gasteiger partial charge in [0.2, 0.25) is 0 Å². The van der Waals surface area contributed by atoms with Crippen molar-refractivity contribution in [2.45, 2.75) is 31.7 Å². The van der Waals surface area contributed by atoms with Gasteiger partial charge in [0, 0.05) is 23.7 Å². The first kappa shape index (κ1) is 17.0. The van der Waals surface area contributed by atoms with E-state index in [-0.39, 0.29) is 23.7 Å². The van der Waals surface area contributed by atoms with Crippen LogP contribution in [0.5, 0.6) is 0 Å². The van der Waals surface area contributed by atoms with Crippen molar-refractivity contribution >= 4 is 11.7 Å². The van der Waals surface area contributed by atoms with E-state index < -0.39 is 0 Å². The Bertz CT molecular complexity index is 802. The lowest BCUT2D eigenvalue weighted by atomic mass is 9.80. The lowest BCUT2D eigenvalue weighted by Crippen LogP contribution is -2.34. The average molecular weight is 349 g/mol. The van der Waals surface area contributed by atoms with Crippen molar-refractivity contribution in [1.82, 2.24) is 5.32 Å². The van der Waals surface area contributed by atoms with Crippen LogP contribution in [0.25, 0.3) is 11.1 Å². The Hall–Kier alpha value is -2.46. The van der Waals surface area contributed by atoms with E-state index in [1.807, 2.05) is 48.5 Å². The number of Topliss-reactive ketones (excluding diaryl/α,β-unsaturated/α-hetero) is 1. The normalized spacial score (nSPS) is 19.8. The smallest absolute Gasteiger partial charge is 0.251 e. The molecular weight excluding hydrogens is 326 g/mol. The van der Waals surface area contributed by atoms with Crippen LogP contribution >= 0.6 is 0 Å². The molecule has 1 saturated carbocycles. The van der Waals surface area contributed by atoms with Gasteiger partial charge in [0.15, 0.2) is 5.78 Å². The number of carbonyl (C=O) groups excluding carboxylic acids is 2. The molecule has 134 valence electrons. The monoisotopic (exact) mass is 349 g/mol. The Labute approximate surface area is 153 Å². The summed E-state index contributed by atoms with van der Waals surface area (Å²) in [6.45, 7) is 1.29. The van der Waals surface area contributed by atoms with E-state index >= 15 is 0 Å². The van der Waals surface area contributed by atoms with Gasteiger partial charge in [-0.2, -0.15) is 0 Å². The van der Waals surface area contributed by atoms with Crippen LogP contribution in [0.3, 0.4) is 0 Å². The van der Waals surface area contributed by atoms with Crippen LogP contribution in [0.15, 0.2) is 48.5 Å². The lowest BCUT2D eigenvalue weighted by Gasteiger charge is -2.23. The highest BCUT2D eigenvalue weighted by Gasteiger charge is 2.26. The lowest BCUT2D eigenvalue weighted by molar-refractivity contribution is 0.0854. The molecule has 1 atom stereocenters. The summed E-state index contributed by atoms with van der Waals surface area (Å²) >= 11 is 0. The van der Waals surface area contributed by atoms with Crippen molar-refractivity contribution in [3.63, 3.8) is 0 Å². The highest BCUT2D eigenvalue weighted by molar-refractivity contribution is 5.99. The molecule has 1 amide bonds. The third kappa shape index (κ3) is 3.56. The molecule has 4 rings (SSSR count). The Balaban J connectivity index is 1.48. The summed E-state index contributed by atoms with van der Waals surface area (Å²) in [7, 11) is 0. The Morgan fingerprint density at radius 2 is 1.73 bits per heavy atom. The van der Waals surface area contributed by atoms with Crippen LogP contribution < -0.4 is 5.32 Å². The number of hydrogen-bond acceptors (Lipinski definition) is 3. The SMILES string of the molecule is O=C(N[C@H]1CCOC1)c1cccc(-c2ccc(C(=O)C3CCC3)cc2)c1. The molecule has 2 aromatic rings. The van der Waals surface area contributed by atoms with Crippen LogP contribution in [0, 0.1) is 5.92 Å². The number of carbonyl (C=O) groups is 2. The van der Waals surface area contributed by atoms with Gasteiger partial charge in [0.1, 0.15) is 0 Å². The van der Waals surface area contributed by atoms with Crippen LogP contribution in [-0.4, -0.2) is 30.9 Å². The summed E-state index contributed by atoms with van der Waals surface area (Å²) < 4.78 is 5.30. The Morgan fingerprint density at radius 1 is 0.923 bits per heavy atom. The zero-order valence-corrected chi connectivity index (χ0v) is 14.7.